The van der Waals surface area contributed by atoms with E-state index < -0.39 is 0 Å². The van der Waals surface area contributed by atoms with Crippen LogP contribution in [0.5, 0.6) is 0 Å². The van der Waals surface area contributed by atoms with Gasteiger partial charge in [-0.2, -0.15) is 5.10 Å². The molecule has 0 fully saturated rings. The number of rotatable bonds is 3. The van der Waals surface area contributed by atoms with Crippen molar-refractivity contribution in [3.05, 3.63) is 64.1 Å². The summed E-state index contributed by atoms with van der Waals surface area (Å²) in [7, 11) is 5.85. The average molecular weight is 335 g/mol. The first-order chi connectivity index (χ1) is 12.1. The molecule has 128 valence electrons. The Balaban J connectivity index is 1.77. The van der Waals surface area contributed by atoms with Crippen LogP contribution in [0.15, 0.2) is 47.4 Å². The van der Waals surface area contributed by atoms with E-state index in [0.717, 1.165) is 6.42 Å². The van der Waals surface area contributed by atoms with Gasteiger partial charge in [0.25, 0.3) is 5.56 Å². The summed E-state index contributed by atoms with van der Waals surface area (Å²) in [4.78, 5) is 18.9. The van der Waals surface area contributed by atoms with E-state index in [1.807, 2.05) is 0 Å². The lowest BCUT2D eigenvalue weighted by Crippen LogP contribution is -2.35. The summed E-state index contributed by atoms with van der Waals surface area (Å²) in [6.07, 6.45) is 2.61. The number of hydrogen-bond acceptors (Lipinski definition) is 5. The lowest BCUT2D eigenvalue weighted by atomic mass is 10.1. The molecule has 2 atom stereocenters. The van der Waals surface area contributed by atoms with Crippen LogP contribution in [0.2, 0.25) is 0 Å². The predicted molar refractivity (Wildman–Crippen MR) is 98.8 cm³/mol. The van der Waals surface area contributed by atoms with Crippen molar-refractivity contribution in [1.82, 2.24) is 19.7 Å². The van der Waals surface area contributed by atoms with Crippen LogP contribution in [0.4, 0.5) is 5.82 Å². The van der Waals surface area contributed by atoms with E-state index >= 15 is 0 Å². The van der Waals surface area contributed by atoms with Gasteiger partial charge < -0.3 is 10.2 Å². The molecule has 0 saturated carbocycles. The minimum atomic E-state index is -0.132. The molecule has 1 aliphatic rings. The first kappa shape index (κ1) is 15.8. The van der Waals surface area contributed by atoms with Crippen LogP contribution >= 0.6 is 0 Å². The van der Waals surface area contributed by atoms with Gasteiger partial charge in [-0.1, -0.05) is 24.3 Å². The molecule has 6 nitrogen and oxygen atoms in total. The van der Waals surface area contributed by atoms with Gasteiger partial charge in [-0.15, -0.1) is 0 Å². The zero-order valence-corrected chi connectivity index (χ0v) is 14.6. The van der Waals surface area contributed by atoms with Crippen molar-refractivity contribution in [2.45, 2.75) is 18.5 Å². The molecule has 2 aromatic heterocycles. The minimum absolute atomic E-state index is 0.132. The third-order valence-corrected chi connectivity index (χ3v) is 4.88. The Labute approximate surface area is 146 Å². The highest BCUT2D eigenvalue weighted by molar-refractivity contribution is 5.87. The molecule has 1 aromatic carbocycles. The second-order valence-corrected chi connectivity index (χ2v) is 6.74. The Hall–Kier alpha value is -2.73. The summed E-state index contributed by atoms with van der Waals surface area (Å²) in [5, 5.41) is 8.57. The van der Waals surface area contributed by atoms with Gasteiger partial charge in [-0.3, -0.25) is 9.78 Å². The molecular formula is C19H21N5O. The maximum Gasteiger partial charge on any atom is 0.276 e. The van der Waals surface area contributed by atoms with Crippen molar-refractivity contribution in [3.8, 4) is 0 Å². The van der Waals surface area contributed by atoms with Crippen LogP contribution in [-0.2, 0) is 13.5 Å². The Morgan fingerprint density at radius 2 is 2.00 bits per heavy atom. The molecule has 0 unspecified atom stereocenters. The standard InChI is InChI=1S/C19H21N5O/c1-23(2)17-13-8-5-4-7-12(13)11-15(17)21-18-16-14(9-6-10-20-16)19(25)24(3)22-18/h4-10,15,17H,11H2,1-3H3,(H,21,22)/t15-,17+/m1/s1. The van der Waals surface area contributed by atoms with Gasteiger partial charge in [0, 0.05) is 13.2 Å². The highest BCUT2D eigenvalue weighted by Crippen LogP contribution is 2.36. The largest absolute Gasteiger partial charge is 0.362 e. The van der Waals surface area contributed by atoms with E-state index in [1.54, 1.807) is 25.4 Å². The third-order valence-electron chi connectivity index (χ3n) is 4.88. The van der Waals surface area contributed by atoms with Gasteiger partial charge in [0.1, 0.15) is 5.52 Å². The highest BCUT2D eigenvalue weighted by atomic mass is 16.1. The quantitative estimate of drug-likeness (QED) is 0.793. The monoisotopic (exact) mass is 335 g/mol. The molecule has 1 aliphatic carbocycles. The molecule has 2 heterocycles. The summed E-state index contributed by atoms with van der Waals surface area (Å²) in [6.45, 7) is 0. The lowest BCUT2D eigenvalue weighted by Gasteiger charge is -2.28. The first-order valence-electron chi connectivity index (χ1n) is 8.39. The number of fused-ring (bicyclic) bond motifs is 2. The smallest absolute Gasteiger partial charge is 0.276 e. The van der Waals surface area contributed by atoms with Crippen LogP contribution in [0.25, 0.3) is 10.9 Å². The second kappa shape index (κ2) is 5.97. The van der Waals surface area contributed by atoms with Gasteiger partial charge in [-0.25, -0.2) is 4.68 Å². The Morgan fingerprint density at radius 3 is 2.80 bits per heavy atom. The van der Waals surface area contributed by atoms with Gasteiger partial charge >= 0.3 is 0 Å². The Bertz CT molecular complexity index is 995. The lowest BCUT2D eigenvalue weighted by molar-refractivity contribution is 0.282. The van der Waals surface area contributed by atoms with Crippen molar-refractivity contribution >= 4 is 16.7 Å². The fourth-order valence-electron chi connectivity index (χ4n) is 3.80. The number of nitrogens with zero attached hydrogens (tertiary/aromatic N) is 4. The third kappa shape index (κ3) is 2.59. The topological polar surface area (TPSA) is 63.1 Å². The zero-order chi connectivity index (χ0) is 17.6. The predicted octanol–water partition coefficient (Wildman–Crippen LogP) is 1.97. The van der Waals surface area contributed by atoms with Crippen LogP contribution < -0.4 is 10.9 Å². The summed E-state index contributed by atoms with van der Waals surface area (Å²) >= 11 is 0. The molecule has 25 heavy (non-hydrogen) atoms. The number of aryl methyl sites for hydroxylation is 1. The SMILES string of the molecule is CN(C)[C@H]1c2ccccc2C[C@H]1Nc1nn(C)c(=O)c2cccnc12. The average Bonchev–Trinajstić information content (AvgIpc) is 2.97. The van der Waals surface area contributed by atoms with E-state index in [4.69, 9.17) is 0 Å². The summed E-state index contributed by atoms with van der Waals surface area (Å²) < 4.78 is 1.37. The summed E-state index contributed by atoms with van der Waals surface area (Å²) in [6, 6.07) is 12.5. The van der Waals surface area contributed by atoms with Gasteiger partial charge in [0.05, 0.1) is 17.5 Å². The fraction of sp³-hybridized carbons (Fsp3) is 0.316. The van der Waals surface area contributed by atoms with Crippen molar-refractivity contribution in [3.63, 3.8) is 0 Å². The maximum absolute atomic E-state index is 12.3. The molecule has 0 spiro atoms. The number of pyridine rings is 1. The number of likely N-dealkylation sites (N-methyl/N-ethyl adjacent to an activating group) is 1. The molecule has 3 aromatic rings. The number of anilines is 1. The Kier molecular flexibility index (Phi) is 3.77. The molecule has 0 amide bonds. The van der Waals surface area contributed by atoms with Crippen molar-refractivity contribution < 1.29 is 0 Å². The van der Waals surface area contributed by atoms with E-state index in [-0.39, 0.29) is 17.6 Å². The number of benzene rings is 1. The molecule has 0 saturated heterocycles. The maximum atomic E-state index is 12.3. The van der Waals surface area contributed by atoms with Crippen molar-refractivity contribution in [1.29, 1.82) is 0 Å². The van der Waals surface area contributed by atoms with Crippen LogP contribution in [-0.4, -0.2) is 39.8 Å². The molecule has 0 aliphatic heterocycles. The normalized spacial score (nSPS) is 19.4. The molecule has 0 bridgehead atoms. The summed E-state index contributed by atoms with van der Waals surface area (Å²) in [5.74, 6) is 0.655. The molecule has 0 radical (unpaired) electrons. The second-order valence-electron chi connectivity index (χ2n) is 6.74. The van der Waals surface area contributed by atoms with Gasteiger partial charge in [0.15, 0.2) is 5.82 Å². The van der Waals surface area contributed by atoms with Gasteiger partial charge in [0.2, 0.25) is 0 Å². The fourth-order valence-corrected chi connectivity index (χ4v) is 3.80. The zero-order valence-electron chi connectivity index (χ0n) is 14.6. The molecule has 6 heteroatoms. The van der Waals surface area contributed by atoms with Crippen molar-refractivity contribution in [2.75, 3.05) is 19.4 Å². The molecule has 1 N–H and O–H groups in total. The van der Waals surface area contributed by atoms with Crippen molar-refractivity contribution in [2.24, 2.45) is 7.05 Å². The van der Waals surface area contributed by atoms with E-state index in [9.17, 15) is 4.79 Å². The minimum Gasteiger partial charge on any atom is -0.362 e. The highest BCUT2D eigenvalue weighted by Gasteiger charge is 2.34. The Morgan fingerprint density at radius 1 is 1.20 bits per heavy atom. The summed E-state index contributed by atoms with van der Waals surface area (Å²) in [5.41, 5.74) is 3.18. The van der Waals surface area contributed by atoms with Crippen LogP contribution in [0, 0.1) is 0 Å². The molecule has 4 rings (SSSR count). The van der Waals surface area contributed by atoms with Crippen LogP contribution in [0.3, 0.4) is 0 Å². The van der Waals surface area contributed by atoms with E-state index in [0.29, 0.717) is 16.7 Å². The number of nitrogens with one attached hydrogen (secondary N) is 1. The van der Waals surface area contributed by atoms with Crippen LogP contribution in [0.1, 0.15) is 17.2 Å². The number of hydrogen-bond donors (Lipinski definition) is 1. The molecular weight excluding hydrogens is 314 g/mol. The number of aromatic nitrogens is 3. The first-order valence-corrected chi connectivity index (χ1v) is 8.39. The van der Waals surface area contributed by atoms with E-state index in [1.165, 1.54) is 15.8 Å². The van der Waals surface area contributed by atoms with E-state index in [2.05, 4.69) is 58.7 Å². The van der Waals surface area contributed by atoms with Gasteiger partial charge in [-0.05, 0) is 43.8 Å².